The van der Waals surface area contributed by atoms with E-state index in [-0.39, 0.29) is 0 Å². The van der Waals surface area contributed by atoms with Crippen molar-refractivity contribution in [1.82, 2.24) is 24.2 Å². The quantitative estimate of drug-likeness (QED) is 0.690. The Hall–Kier alpha value is -2.15. The van der Waals surface area contributed by atoms with Gasteiger partial charge in [-0.15, -0.1) is 0 Å². The summed E-state index contributed by atoms with van der Waals surface area (Å²) >= 11 is 5.97. The molecule has 0 N–H and O–H groups in total. The van der Waals surface area contributed by atoms with Crippen molar-refractivity contribution in [3.8, 4) is 16.9 Å². The highest BCUT2D eigenvalue weighted by molar-refractivity contribution is 6.30. The van der Waals surface area contributed by atoms with Crippen LogP contribution in [0.25, 0.3) is 16.9 Å². The first-order chi connectivity index (χ1) is 12.7. The molecule has 2 aromatic heterocycles. The summed E-state index contributed by atoms with van der Waals surface area (Å²) in [5, 5.41) is 5.21. The molecule has 1 fully saturated rings. The topological polar surface area (TPSA) is 48.1 Å². The van der Waals surface area contributed by atoms with Gasteiger partial charge in [0.1, 0.15) is 0 Å². The minimum absolute atomic E-state index is 0.324. The van der Waals surface area contributed by atoms with Crippen LogP contribution in [0, 0.1) is 0 Å². The average molecular weight is 372 g/mol. The number of benzene rings is 1. The van der Waals surface area contributed by atoms with Crippen molar-refractivity contribution in [2.45, 2.75) is 13.0 Å². The molecule has 1 atom stereocenters. The SMILES string of the molecule is CC(CN1CCOCC1)n1cncc1-c1cnn(-c2ccc(Cl)cc2)c1. The average Bonchev–Trinajstić information content (AvgIpc) is 3.32. The Labute approximate surface area is 158 Å². The molecule has 1 aliphatic rings. The summed E-state index contributed by atoms with van der Waals surface area (Å²) in [5.74, 6) is 0. The van der Waals surface area contributed by atoms with Crippen molar-refractivity contribution >= 4 is 11.6 Å². The van der Waals surface area contributed by atoms with Gasteiger partial charge in [0, 0.05) is 42.5 Å². The maximum atomic E-state index is 5.97. The van der Waals surface area contributed by atoms with E-state index < -0.39 is 0 Å². The first-order valence-corrected chi connectivity index (χ1v) is 9.21. The third-order valence-corrected chi connectivity index (χ3v) is 4.99. The van der Waals surface area contributed by atoms with Crippen LogP contribution >= 0.6 is 11.6 Å². The van der Waals surface area contributed by atoms with Crippen LogP contribution in [-0.4, -0.2) is 57.1 Å². The lowest BCUT2D eigenvalue weighted by atomic mass is 10.2. The summed E-state index contributed by atoms with van der Waals surface area (Å²) in [6, 6.07) is 7.97. The predicted octanol–water partition coefficient (Wildman–Crippen LogP) is 3.28. The molecule has 1 aromatic carbocycles. The van der Waals surface area contributed by atoms with Gasteiger partial charge in [-0.25, -0.2) is 9.67 Å². The van der Waals surface area contributed by atoms with E-state index in [4.69, 9.17) is 16.3 Å². The van der Waals surface area contributed by atoms with Gasteiger partial charge in [-0.1, -0.05) is 11.6 Å². The fourth-order valence-electron chi connectivity index (χ4n) is 3.31. The van der Waals surface area contributed by atoms with Crippen molar-refractivity contribution in [3.05, 3.63) is 54.2 Å². The molecule has 136 valence electrons. The Morgan fingerprint density at radius 1 is 1.15 bits per heavy atom. The third kappa shape index (κ3) is 3.67. The maximum absolute atomic E-state index is 5.97. The molecule has 0 aliphatic carbocycles. The number of aromatic nitrogens is 4. The maximum Gasteiger partial charge on any atom is 0.0953 e. The van der Waals surface area contributed by atoms with Crippen LogP contribution < -0.4 is 0 Å². The summed E-state index contributed by atoms with van der Waals surface area (Å²) in [6.45, 7) is 6.82. The molecule has 3 heterocycles. The molecular formula is C19H22ClN5O. The molecule has 0 saturated carbocycles. The zero-order chi connectivity index (χ0) is 17.9. The van der Waals surface area contributed by atoms with Gasteiger partial charge < -0.3 is 9.30 Å². The molecule has 3 aromatic rings. The van der Waals surface area contributed by atoms with Gasteiger partial charge in [-0.05, 0) is 31.2 Å². The fraction of sp³-hybridized carbons (Fsp3) is 0.368. The van der Waals surface area contributed by atoms with Gasteiger partial charge >= 0.3 is 0 Å². The van der Waals surface area contributed by atoms with E-state index in [2.05, 4.69) is 26.5 Å². The van der Waals surface area contributed by atoms with Gasteiger partial charge in [0.25, 0.3) is 0 Å². The normalized spacial score (nSPS) is 16.7. The lowest BCUT2D eigenvalue weighted by molar-refractivity contribution is 0.0326. The van der Waals surface area contributed by atoms with Gasteiger partial charge in [0.15, 0.2) is 0 Å². The van der Waals surface area contributed by atoms with E-state index in [9.17, 15) is 0 Å². The summed E-state index contributed by atoms with van der Waals surface area (Å²) in [5.41, 5.74) is 3.10. The van der Waals surface area contributed by atoms with Crippen molar-refractivity contribution in [2.75, 3.05) is 32.8 Å². The number of hydrogen-bond acceptors (Lipinski definition) is 4. The van der Waals surface area contributed by atoms with Crippen LogP contribution in [0.3, 0.4) is 0 Å². The van der Waals surface area contributed by atoms with Crippen molar-refractivity contribution in [2.24, 2.45) is 0 Å². The second-order valence-corrected chi connectivity index (χ2v) is 7.03. The number of nitrogens with zero attached hydrogens (tertiary/aromatic N) is 5. The van der Waals surface area contributed by atoms with Crippen LogP contribution in [-0.2, 0) is 4.74 Å². The summed E-state index contributed by atoms with van der Waals surface area (Å²) < 4.78 is 9.51. The summed E-state index contributed by atoms with van der Waals surface area (Å²) in [4.78, 5) is 6.81. The second kappa shape index (κ2) is 7.61. The molecule has 6 nitrogen and oxygen atoms in total. The van der Waals surface area contributed by atoms with Gasteiger partial charge in [-0.2, -0.15) is 5.10 Å². The Morgan fingerprint density at radius 2 is 1.92 bits per heavy atom. The highest BCUT2D eigenvalue weighted by Gasteiger charge is 2.18. The number of halogens is 1. The van der Waals surface area contributed by atoms with Crippen LogP contribution in [0.5, 0.6) is 0 Å². The van der Waals surface area contributed by atoms with E-state index in [0.717, 1.165) is 54.8 Å². The van der Waals surface area contributed by atoms with Gasteiger partial charge in [-0.3, -0.25) is 4.90 Å². The minimum Gasteiger partial charge on any atom is -0.379 e. The molecule has 0 bridgehead atoms. The highest BCUT2D eigenvalue weighted by atomic mass is 35.5. The third-order valence-electron chi connectivity index (χ3n) is 4.74. The monoisotopic (exact) mass is 371 g/mol. The molecule has 4 rings (SSSR count). The number of hydrogen-bond donors (Lipinski definition) is 0. The van der Waals surface area contributed by atoms with Gasteiger partial charge in [0.05, 0.1) is 43.3 Å². The molecule has 1 unspecified atom stereocenters. The van der Waals surface area contributed by atoms with E-state index >= 15 is 0 Å². The number of imidazole rings is 1. The second-order valence-electron chi connectivity index (χ2n) is 6.60. The number of rotatable bonds is 5. The lowest BCUT2D eigenvalue weighted by Gasteiger charge is -2.30. The molecule has 0 spiro atoms. The molecule has 7 heteroatoms. The van der Waals surface area contributed by atoms with E-state index in [1.54, 1.807) is 0 Å². The smallest absolute Gasteiger partial charge is 0.0953 e. The molecule has 26 heavy (non-hydrogen) atoms. The van der Waals surface area contributed by atoms with Crippen molar-refractivity contribution in [3.63, 3.8) is 0 Å². The molecule has 0 radical (unpaired) electrons. The Kier molecular flexibility index (Phi) is 5.06. The summed E-state index contributed by atoms with van der Waals surface area (Å²) in [6.07, 6.45) is 7.71. The predicted molar refractivity (Wildman–Crippen MR) is 102 cm³/mol. The van der Waals surface area contributed by atoms with E-state index in [1.807, 2.05) is 53.9 Å². The molecule has 0 amide bonds. The van der Waals surface area contributed by atoms with Crippen LogP contribution in [0.2, 0.25) is 5.02 Å². The van der Waals surface area contributed by atoms with Crippen LogP contribution in [0.1, 0.15) is 13.0 Å². The Bertz CT molecular complexity index is 851. The highest BCUT2D eigenvalue weighted by Crippen LogP contribution is 2.24. The van der Waals surface area contributed by atoms with Crippen molar-refractivity contribution in [1.29, 1.82) is 0 Å². The van der Waals surface area contributed by atoms with Gasteiger partial charge in [0.2, 0.25) is 0 Å². The first-order valence-electron chi connectivity index (χ1n) is 8.83. The van der Waals surface area contributed by atoms with E-state index in [0.29, 0.717) is 6.04 Å². The Morgan fingerprint density at radius 3 is 2.69 bits per heavy atom. The number of morpholine rings is 1. The van der Waals surface area contributed by atoms with Crippen LogP contribution in [0.4, 0.5) is 0 Å². The standard InChI is InChI=1S/C19H22ClN5O/c1-15(12-23-6-8-26-9-7-23)24-14-21-11-19(24)16-10-22-25(13-16)18-4-2-17(20)3-5-18/h2-5,10-11,13-15H,6-9,12H2,1H3. The van der Waals surface area contributed by atoms with Crippen LogP contribution in [0.15, 0.2) is 49.2 Å². The minimum atomic E-state index is 0.324. The van der Waals surface area contributed by atoms with Crippen molar-refractivity contribution < 1.29 is 4.74 Å². The van der Waals surface area contributed by atoms with E-state index in [1.165, 1.54) is 0 Å². The summed E-state index contributed by atoms with van der Waals surface area (Å²) in [7, 11) is 0. The largest absolute Gasteiger partial charge is 0.379 e. The molecule has 1 saturated heterocycles. The molecule has 1 aliphatic heterocycles. The fourth-order valence-corrected chi connectivity index (χ4v) is 3.44. The lowest BCUT2D eigenvalue weighted by Crippen LogP contribution is -2.39. The first kappa shape index (κ1) is 17.3. The Balaban J connectivity index is 1.54. The number of ether oxygens (including phenoxy) is 1. The zero-order valence-corrected chi connectivity index (χ0v) is 15.5. The molecular weight excluding hydrogens is 350 g/mol. The zero-order valence-electron chi connectivity index (χ0n) is 14.8.